The maximum atomic E-state index is 12.3. The van der Waals surface area contributed by atoms with Crippen LogP contribution >= 0.6 is 11.6 Å². The van der Waals surface area contributed by atoms with Gasteiger partial charge in [-0.3, -0.25) is 0 Å². The Labute approximate surface area is 122 Å². The monoisotopic (exact) mass is 318 g/mol. The predicted octanol–water partition coefficient (Wildman–Crippen LogP) is 2.38. The lowest BCUT2D eigenvalue weighted by molar-refractivity contribution is 0.0305. The number of rotatable bonds is 4. The lowest BCUT2D eigenvalue weighted by atomic mass is 10.1. The van der Waals surface area contributed by atoms with Gasteiger partial charge in [-0.1, -0.05) is 11.6 Å². The van der Waals surface area contributed by atoms with E-state index < -0.39 is 15.8 Å². The van der Waals surface area contributed by atoms with E-state index in [4.69, 9.17) is 21.4 Å². The summed E-state index contributed by atoms with van der Waals surface area (Å²) in [5.41, 5.74) is -0.0995. The molecule has 1 N–H and O–H groups in total. The minimum Gasteiger partial charge on any atom is -0.478 e. The predicted molar refractivity (Wildman–Crippen MR) is 74.1 cm³/mol. The molecule has 1 aromatic rings. The van der Waals surface area contributed by atoms with Crippen LogP contribution in [0.1, 0.15) is 29.6 Å². The fraction of sp³-hybridized carbons (Fsp3) is 0.462. The minimum absolute atomic E-state index is 0.0332. The van der Waals surface area contributed by atoms with Gasteiger partial charge in [0, 0.05) is 6.61 Å². The van der Waals surface area contributed by atoms with E-state index in [0.29, 0.717) is 13.0 Å². The first kappa shape index (κ1) is 15.3. The van der Waals surface area contributed by atoms with Crippen LogP contribution < -0.4 is 0 Å². The SMILES string of the molecule is O=C(O)c1ccc(Cl)c(S(=O)(=O)CC2CCCCO2)c1. The molecule has 7 heteroatoms. The Kier molecular flexibility index (Phi) is 4.67. The molecule has 1 aliphatic heterocycles. The van der Waals surface area contributed by atoms with E-state index in [1.54, 1.807) is 0 Å². The van der Waals surface area contributed by atoms with Gasteiger partial charge in [-0.25, -0.2) is 13.2 Å². The van der Waals surface area contributed by atoms with Gasteiger partial charge in [-0.05, 0) is 37.5 Å². The molecule has 1 heterocycles. The van der Waals surface area contributed by atoms with Gasteiger partial charge in [-0.15, -0.1) is 0 Å². The van der Waals surface area contributed by atoms with Crippen molar-refractivity contribution in [3.8, 4) is 0 Å². The van der Waals surface area contributed by atoms with Gasteiger partial charge in [-0.2, -0.15) is 0 Å². The molecule has 1 aromatic carbocycles. The molecular formula is C13H15ClO5S. The van der Waals surface area contributed by atoms with E-state index >= 15 is 0 Å². The summed E-state index contributed by atoms with van der Waals surface area (Å²) in [6.07, 6.45) is 2.21. The molecule has 5 nitrogen and oxygen atoms in total. The maximum absolute atomic E-state index is 12.3. The third kappa shape index (κ3) is 3.50. The third-order valence-electron chi connectivity index (χ3n) is 3.19. The second kappa shape index (κ2) is 6.11. The lowest BCUT2D eigenvalue weighted by Crippen LogP contribution is -2.28. The van der Waals surface area contributed by atoms with Crippen molar-refractivity contribution in [2.45, 2.75) is 30.3 Å². The second-order valence-corrected chi connectivity index (χ2v) is 7.13. The number of aromatic carboxylic acids is 1. The number of ether oxygens (including phenoxy) is 1. The molecule has 0 radical (unpaired) electrons. The van der Waals surface area contributed by atoms with Gasteiger partial charge >= 0.3 is 5.97 Å². The van der Waals surface area contributed by atoms with Crippen LogP contribution in [0.5, 0.6) is 0 Å². The molecule has 1 saturated heterocycles. The molecule has 110 valence electrons. The zero-order valence-electron chi connectivity index (χ0n) is 10.7. The van der Waals surface area contributed by atoms with Crippen molar-refractivity contribution < 1.29 is 23.1 Å². The first-order chi connectivity index (χ1) is 9.40. The van der Waals surface area contributed by atoms with Gasteiger partial charge < -0.3 is 9.84 Å². The first-order valence-electron chi connectivity index (χ1n) is 6.27. The standard InChI is InChI=1S/C13H15ClO5S/c14-11-5-4-9(13(15)16)7-12(11)20(17,18)8-10-3-1-2-6-19-10/h4-5,7,10H,1-3,6,8H2,(H,15,16). The molecule has 20 heavy (non-hydrogen) atoms. The summed E-state index contributed by atoms with van der Waals surface area (Å²) in [5, 5.41) is 8.96. The zero-order valence-corrected chi connectivity index (χ0v) is 12.3. The van der Waals surface area contributed by atoms with Crippen LogP contribution in [0.3, 0.4) is 0 Å². The maximum Gasteiger partial charge on any atom is 0.335 e. The highest BCUT2D eigenvalue weighted by Crippen LogP contribution is 2.26. The molecule has 2 rings (SSSR count). The van der Waals surface area contributed by atoms with Crippen LogP contribution in [0.2, 0.25) is 5.02 Å². The normalized spacial score (nSPS) is 19.8. The minimum atomic E-state index is -3.67. The van der Waals surface area contributed by atoms with Crippen LogP contribution in [0.4, 0.5) is 0 Å². The molecule has 1 aliphatic rings. The number of carboxylic acids is 1. The average molecular weight is 319 g/mol. The van der Waals surface area contributed by atoms with E-state index in [9.17, 15) is 13.2 Å². The van der Waals surface area contributed by atoms with Crippen molar-refractivity contribution in [3.05, 3.63) is 28.8 Å². The molecule has 1 unspecified atom stereocenters. The summed E-state index contributed by atoms with van der Waals surface area (Å²) >= 11 is 5.89. The summed E-state index contributed by atoms with van der Waals surface area (Å²) < 4.78 is 30.1. The first-order valence-corrected chi connectivity index (χ1v) is 8.30. The quantitative estimate of drug-likeness (QED) is 0.921. The number of halogens is 1. The molecule has 1 fully saturated rings. The number of hydrogen-bond acceptors (Lipinski definition) is 4. The highest BCUT2D eigenvalue weighted by atomic mass is 35.5. The third-order valence-corrected chi connectivity index (χ3v) is 5.45. The van der Waals surface area contributed by atoms with Crippen molar-refractivity contribution in [1.29, 1.82) is 0 Å². The molecule has 0 amide bonds. The van der Waals surface area contributed by atoms with Crippen LogP contribution in [0.15, 0.2) is 23.1 Å². The largest absolute Gasteiger partial charge is 0.478 e. The summed E-state index contributed by atoms with van der Waals surface area (Å²) in [6.45, 7) is 0.559. The van der Waals surface area contributed by atoms with Crippen molar-refractivity contribution in [1.82, 2.24) is 0 Å². The van der Waals surface area contributed by atoms with E-state index in [1.807, 2.05) is 0 Å². The van der Waals surface area contributed by atoms with Crippen LogP contribution in [-0.2, 0) is 14.6 Å². The molecular weight excluding hydrogens is 304 g/mol. The molecule has 0 saturated carbocycles. The number of benzene rings is 1. The van der Waals surface area contributed by atoms with Crippen LogP contribution in [0, 0.1) is 0 Å². The fourth-order valence-corrected chi connectivity index (χ4v) is 4.22. The molecule has 0 aliphatic carbocycles. The Morgan fingerprint density at radius 2 is 2.15 bits per heavy atom. The molecule has 1 atom stereocenters. The summed E-state index contributed by atoms with van der Waals surface area (Å²) in [5.74, 6) is -1.36. The van der Waals surface area contributed by atoms with E-state index in [1.165, 1.54) is 12.1 Å². The van der Waals surface area contributed by atoms with Gasteiger partial charge in [0.2, 0.25) is 0 Å². The van der Waals surface area contributed by atoms with Crippen molar-refractivity contribution >= 4 is 27.4 Å². The number of carbonyl (C=O) groups is 1. The summed E-state index contributed by atoms with van der Waals surface area (Å²) in [7, 11) is -3.67. The fourth-order valence-electron chi connectivity index (χ4n) is 2.15. The van der Waals surface area contributed by atoms with Crippen molar-refractivity contribution in [2.24, 2.45) is 0 Å². The Bertz CT molecular complexity index is 605. The second-order valence-electron chi connectivity index (χ2n) is 4.72. The molecule has 0 spiro atoms. The Morgan fingerprint density at radius 3 is 2.75 bits per heavy atom. The van der Waals surface area contributed by atoms with Crippen LogP contribution in [-0.4, -0.2) is 38.0 Å². The van der Waals surface area contributed by atoms with Crippen molar-refractivity contribution in [2.75, 3.05) is 12.4 Å². The summed E-state index contributed by atoms with van der Waals surface area (Å²) in [4.78, 5) is 10.8. The molecule has 0 bridgehead atoms. The van der Waals surface area contributed by atoms with E-state index in [2.05, 4.69) is 0 Å². The average Bonchev–Trinajstić information content (AvgIpc) is 2.39. The van der Waals surface area contributed by atoms with Gasteiger partial charge in [0.25, 0.3) is 0 Å². The number of sulfone groups is 1. The Hall–Kier alpha value is -1.11. The smallest absolute Gasteiger partial charge is 0.335 e. The Balaban J connectivity index is 2.28. The summed E-state index contributed by atoms with van der Waals surface area (Å²) in [6, 6.07) is 3.67. The van der Waals surface area contributed by atoms with Crippen molar-refractivity contribution in [3.63, 3.8) is 0 Å². The van der Waals surface area contributed by atoms with Gasteiger partial charge in [0.05, 0.1) is 27.3 Å². The highest BCUT2D eigenvalue weighted by Gasteiger charge is 2.26. The number of hydrogen-bond donors (Lipinski definition) is 1. The topological polar surface area (TPSA) is 80.7 Å². The highest BCUT2D eigenvalue weighted by molar-refractivity contribution is 7.91. The van der Waals surface area contributed by atoms with Gasteiger partial charge in [0.1, 0.15) is 0 Å². The van der Waals surface area contributed by atoms with Crippen LogP contribution in [0.25, 0.3) is 0 Å². The van der Waals surface area contributed by atoms with E-state index in [0.717, 1.165) is 18.9 Å². The molecule has 0 aromatic heterocycles. The lowest BCUT2D eigenvalue weighted by Gasteiger charge is -2.22. The number of carboxylic acid groups (broad SMARTS) is 1. The van der Waals surface area contributed by atoms with Gasteiger partial charge in [0.15, 0.2) is 9.84 Å². The van der Waals surface area contributed by atoms with E-state index in [-0.39, 0.29) is 27.3 Å². The zero-order chi connectivity index (χ0) is 14.8. The Morgan fingerprint density at radius 1 is 1.40 bits per heavy atom.